The Balaban J connectivity index is 1.63. The molecule has 1 N–H and O–H groups in total. The Morgan fingerprint density at radius 2 is 1.83 bits per heavy atom. The van der Waals surface area contributed by atoms with Gasteiger partial charge in [0.25, 0.3) is 5.91 Å². The summed E-state index contributed by atoms with van der Waals surface area (Å²) in [4.78, 5) is 34.9. The van der Waals surface area contributed by atoms with E-state index in [1.54, 1.807) is 11.9 Å². The largest absolute Gasteiger partial charge is 0.347 e. The van der Waals surface area contributed by atoms with Gasteiger partial charge in [-0.05, 0) is 49.2 Å². The highest BCUT2D eigenvalue weighted by Crippen LogP contribution is 2.20. The summed E-state index contributed by atoms with van der Waals surface area (Å²) in [6.07, 6.45) is 2.91. The van der Waals surface area contributed by atoms with Gasteiger partial charge in [0.15, 0.2) is 0 Å². The Morgan fingerprint density at radius 3 is 2.48 bits per heavy atom. The molecule has 1 aromatic carbocycles. The molecule has 0 spiro atoms. The van der Waals surface area contributed by atoms with Gasteiger partial charge < -0.3 is 10.2 Å². The van der Waals surface area contributed by atoms with Gasteiger partial charge in [-0.15, -0.1) is 0 Å². The third kappa shape index (κ3) is 4.77. The molecule has 29 heavy (non-hydrogen) atoms. The molecule has 6 heteroatoms. The third-order valence-corrected chi connectivity index (χ3v) is 5.02. The van der Waals surface area contributed by atoms with Crippen molar-refractivity contribution < 1.29 is 9.59 Å². The van der Waals surface area contributed by atoms with Crippen molar-refractivity contribution in [2.75, 3.05) is 11.9 Å². The first-order valence-electron chi connectivity index (χ1n) is 9.75. The van der Waals surface area contributed by atoms with Crippen molar-refractivity contribution in [3.05, 3.63) is 70.7 Å². The second kappa shape index (κ2) is 8.82. The first-order valence-corrected chi connectivity index (χ1v) is 9.75. The van der Waals surface area contributed by atoms with Crippen LogP contribution >= 0.6 is 0 Å². The number of nitrogens with one attached hydrogen (secondary N) is 1. The quantitative estimate of drug-likeness (QED) is 0.821. The maximum atomic E-state index is 12.5. The monoisotopic (exact) mass is 390 g/mol. The van der Waals surface area contributed by atoms with E-state index >= 15 is 0 Å². The van der Waals surface area contributed by atoms with E-state index in [9.17, 15) is 9.59 Å². The van der Waals surface area contributed by atoms with E-state index < -0.39 is 0 Å². The number of nitrogens with zero attached hydrogens (tertiary/aromatic N) is 3. The van der Waals surface area contributed by atoms with Crippen LogP contribution in [0.25, 0.3) is 0 Å². The number of pyridine rings is 1. The van der Waals surface area contributed by atoms with Gasteiger partial charge in [-0.1, -0.05) is 25.1 Å². The lowest BCUT2D eigenvalue weighted by Crippen LogP contribution is -2.25. The highest BCUT2D eigenvalue weighted by molar-refractivity contribution is 6.08. The molecule has 0 radical (unpaired) electrons. The number of aryl methyl sites for hydroxylation is 2. The average Bonchev–Trinajstić information content (AvgIpc) is 3.22. The maximum absolute atomic E-state index is 12.5. The maximum Gasteiger partial charge on any atom is 0.269 e. The molecular weight excluding hydrogens is 364 g/mol. The van der Waals surface area contributed by atoms with Crippen molar-refractivity contribution in [2.45, 2.75) is 40.2 Å². The normalized spacial score (nSPS) is 13.0. The standard InChI is InChI=1S/C23H26N4O2/c1-5-22(28)27(4)19-10-8-17(9-11-19)20-12-13-21(26-20)23(29)24-14-18-7-6-15(2)25-16(18)3/h6-11,13H,5,12,14H2,1-4H3,(H,24,29). The summed E-state index contributed by atoms with van der Waals surface area (Å²) in [5, 5.41) is 2.92. The van der Waals surface area contributed by atoms with Crippen LogP contribution < -0.4 is 10.2 Å². The number of carbonyl (C=O) groups is 2. The molecule has 0 atom stereocenters. The van der Waals surface area contributed by atoms with Crippen LogP contribution in [0, 0.1) is 13.8 Å². The van der Waals surface area contributed by atoms with Gasteiger partial charge >= 0.3 is 0 Å². The van der Waals surface area contributed by atoms with Crippen LogP contribution in [0.15, 0.2) is 53.2 Å². The fourth-order valence-corrected chi connectivity index (χ4v) is 3.18. The summed E-state index contributed by atoms with van der Waals surface area (Å²) < 4.78 is 0. The second-order valence-corrected chi connectivity index (χ2v) is 7.09. The fourth-order valence-electron chi connectivity index (χ4n) is 3.18. The molecule has 0 saturated heterocycles. The molecule has 2 heterocycles. The van der Waals surface area contributed by atoms with E-state index in [1.807, 2.05) is 63.2 Å². The molecule has 0 saturated carbocycles. The molecule has 3 rings (SSSR count). The van der Waals surface area contributed by atoms with Crippen LogP contribution in [0.3, 0.4) is 0 Å². The fraction of sp³-hybridized carbons (Fsp3) is 0.304. The molecule has 0 aliphatic carbocycles. The molecule has 0 bridgehead atoms. The molecule has 2 amide bonds. The van der Waals surface area contributed by atoms with E-state index in [4.69, 9.17) is 0 Å². The third-order valence-electron chi connectivity index (χ3n) is 5.02. The molecular formula is C23H26N4O2. The van der Waals surface area contributed by atoms with Gasteiger partial charge in [0.1, 0.15) is 5.70 Å². The van der Waals surface area contributed by atoms with E-state index in [-0.39, 0.29) is 11.8 Å². The lowest BCUT2D eigenvalue weighted by molar-refractivity contribution is -0.118. The number of carbonyl (C=O) groups excluding carboxylic acids is 2. The lowest BCUT2D eigenvalue weighted by Gasteiger charge is -2.16. The molecule has 0 fully saturated rings. The Kier molecular flexibility index (Phi) is 6.22. The smallest absolute Gasteiger partial charge is 0.269 e. The zero-order valence-electron chi connectivity index (χ0n) is 17.3. The van der Waals surface area contributed by atoms with Gasteiger partial charge in [-0.2, -0.15) is 0 Å². The number of hydrogen-bond donors (Lipinski definition) is 1. The number of hydrogen-bond acceptors (Lipinski definition) is 4. The minimum absolute atomic E-state index is 0.0654. The Bertz CT molecular complexity index is 990. The highest BCUT2D eigenvalue weighted by Gasteiger charge is 2.17. The summed E-state index contributed by atoms with van der Waals surface area (Å²) in [5.74, 6) is -0.125. The number of anilines is 1. The van der Waals surface area contributed by atoms with E-state index in [1.165, 1.54) is 0 Å². The van der Waals surface area contributed by atoms with Crippen LogP contribution in [0.4, 0.5) is 5.69 Å². The zero-order chi connectivity index (χ0) is 21.0. The SMILES string of the molecule is CCC(=O)N(C)c1ccc(C2=NC(C(=O)NCc3ccc(C)nc3C)=CC2)cc1. The Hall–Kier alpha value is -3.28. The van der Waals surface area contributed by atoms with Crippen LogP contribution in [0.1, 0.15) is 42.3 Å². The predicted octanol–water partition coefficient (Wildman–Crippen LogP) is 3.46. The predicted molar refractivity (Wildman–Crippen MR) is 115 cm³/mol. The van der Waals surface area contributed by atoms with Crippen LogP contribution in [-0.2, 0) is 16.1 Å². The number of allylic oxidation sites excluding steroid dienone is 1. The summed E-state index contributed by atoms with van der Waals surface area (Å²) >= 11 is 0. The molecule has 1 aliphatic rings. The minimum Gasteiger partial charge on any atom is -0.347 e. The summed E-state index contributed by atoms with van der Waals surface area (Å²) in [6.45, 7) is 6.15. The van der Waals surface area contributed by atoms with Gasteiger partial charge in [0.05, 0.1) is 5.71 Å². The molecule has 150 valence electrons. The van der Waals surface area contributed by atoms with E-state index in [0.29, 0.717) is 25.1 Å². The van der Waals surface area contributed by atoms with Crippen LogP contribution in [-0.4, -0.2) is 29.6 Å². The van der Waals surface area contributed by atoms with E-state index in [0.717, 1.165) is 33.9 Å². The van der Waals surface area contributed by atoms with Gasteiger partial charge in [0, 0.05) is 43.5 Å². The number of amides is 2. The number of rotatable bonds is 6. The molecule has 2 aromatic rings. The van der Waals surface area contributed by atoms with Gasteiger partial charge in [-0.25, -0.2) is 4.99 Å². The number of aromatic nitrogens is 1. The summed E-state index contributed by atoms with van der Waals surface area (Å²) in [6, 6.07) is 11.6. The average molecular weight is 390 g/mol. The molecule has 1 aromatic heterocycles. The number of aliphatic imine (C=N–C) groups is 1. The zero-order valence-corrected chi connectivity index (χ0v) is 17.3. The first-order chi connectivity index (χ1) is 13.9. The van der Waals surface area contributed by atoms with Crippen molar-refractivity contribution in [1.29, 1.82) is 0 Å². The van der Waals surface area contributed by atoms with Crippen molar-refractivity contribution in [3.8, 4) is 0 Å². The van der Waals surface area contributed by atoms with E-state index in [2.05, 4.69) is 15.3 Å². The topological polar surface area (TPSA) is 74.7 Å². The van der Waals surface area contributed by atoms with Crippen LogP contribution in [0.5, 0.6) is 0 Å². The summed E-state index contributed by atoms with van der Waals surface area (Å²) in [5.41, 5.74) is 5.94. The highest BCUT2D eigenvalue weighted by atomic mass is 16.2. The molecule has 6 nitrogen and oxygen atoms in total. The van der Waals surface area contributed by atoms with Crippen LogP contribution in [0.2, 0.25) is 0 Å². The molecule has 0 unspecified atom stereocenters. The van der Waals surface area contributed by atoms with Crippen molar-refractivity contribution >= 4 is 23.2 Å². The van der Waals surface area contributed by atoms with Crippen molar-refractivity contribution in [2.24, 2.45) is 4.99 Å². The molecule has 1 aliphatic heterocycles. The second-order valence-electron chi connectivity index (χ2n) is 7.09. The van der Waals surface area contributed by atoms with Crippen molar-refractivity contribution in [1.82, 2.24) is 10.3 Å². The lowest BCUT2D eigenvalue weighted by atomic mass is 10.1. The summed E-state index contributed by atoms with van der Waals surface area (Å²) in [7, 11) is 1.77. The van der Waals surface area contributed by atoms with Crippen molar-refractivity contribution in [3.63, 3.8) is 0 Å². The number of benzene rings is 1. The Labute approximate surface area is 171 Å². The Morgan fingerprint density at radius 1 is 1.10 bits per heavy atom. The minimum atomic E-state index is -0.190. The van der Waals surface area contributed by atoms with Gasteiger partial charge in [0.2, 0.25) is 5.91 Å². The van der Waals surface area contributed by atoms with Gasteiger partial charge in [-0.3, -0.25) is 14.6 Å². The first kappa shape index (κ1) is 20.5.